The molecule has 0 radical (unpaired) electrons. The van der Waals surface area contributed by atoms with E-state index in [9.17, 15) is 14.4 Å². The summed E-state index contributed by atoms with van der Waals surface area (Å²) in [6.07, 6.45) is 1.46. The first-order valence-corrected chi connectivity index (χ1v) is 11.2. The molecular formula is C16H21ClN4O5S3. The van der Waals surface area contributed by atoms with E-state index in [0.717, 1.165) is 9.91 Å². The van der Waals surface area contributed by atoms with Crippen LogP contribution in [0.15, 0.2) is 21.9 Å². The predicted octanol–water partition coefficient (Wildman–Crippen LogP) is 1.64. The summed E-state index contributed by atoms with van der Waals surface area (Å²) in [6.45, 7) is 4.59. The maximum absolute atomic E-state index is 12.7. The Morgan fingerprint density at radius 1 is 1.38 bits per heavy atom. The van der Waals surface area contributed by atoms with Crippen LogP contribution in [0.5, 0.6) is 0 Å². The van der Waals surface area contributed by atoms with Gasteiger partial charge in [0.15, 0.2) is 4.34 Å². The van der Waals surface area contributed by atoms with Crippen LogP contribution in [0.25, 0.3) is 0 Å². The second-order valence-electron chi connectivity index (χ2n) is 7.12. The molecule has 1 aromatic heterocycles. The van der Waals surface area contributed by atoms with E-state index in [1.54, 1.807) is 20.8 Å². The zero-order chi connectivity index (χ0) is 20.5. The van der Waals surface area contributed by atoms with Crippen molar-refractivity contribution in [1.82, 2.24) is 14.3 Å². The molecule has 0 bridgehead atoms. The van der Waals surface area contributed by atoms with Gasteiger partial charge in [0.05, 0.1) is 5.41 Å². The number of esters is 2. The molecule has 1 saturated heterocycles. The SMILES string of the molecule is CC(C)(C)C(=O)OCOC(=O)C1=C(CSc2ncns2)CS[C@@H]2C(N)C(=O)N12.Cl. The average molecular weight is 481 g/mol. The van der Waals surface area contributed by atoms with Crippen molar-refractivity contribution < 1.29 is 23.9 Å². The van der Waals surface area contributed by atoms with E-state index in [4.69, 9.17) is 15.2 Å². The molecule has 0 spiro atoms. The van der Waals surface area contributed by atoms with Gasteiger partial charge in [-0.2, -0.15) is 4.37 Å². The van der Waals surface area contributed by atoms with Gasteiger partial charge in [0.1, 0.15) is 23.4 Å². The number of amides is 1. The molecule has 3 rings (SSSR count). The zero-order valence-electron chi connectivity index (χ0n) is 15.9. The van der Waals surface area contributed by atoms with E-state index < -0.39 is 30.2 Å². The quantitative estimate of drug-likeness (QED) is 0.278. The van der Waals surface area contributed by atoms with E-state index in [2.05, 4.69) is 9.36 Å². The lowest BCUT2D eigenvalue weighted by molar-refractivity contribution is -0.173. The Balaban J connectivity index is 0.00000300. The molecule has 3 heterocycles. The minimum atomic E-state index is -0.708. The Kier molecular flexibility index (Phi) is 7.96. The first-order chi connectivity index (χ1) is 13.2. The van der Waals surface area contributed by atoms with Crippen molar-refractivity contribution in [1.29, 1.82) is 0 Å². The standard InChI is InChI=1S/C16H20N4O5S3.ClH/c1-16(2,3)14(23)25-7-24-13(22)10-8(5-27-15-18-6-19-28-15)4-26-12-9(17)11(21)20(10)12;/h6,9,12H,4-5,7,17H2,1-3H3;1H/t9?,12-;/m1./s1. The molecule has 1 amide bonds. The van der Waals surface area contributed by atoms with E-state index in [1.165, 1.54) is 46.3 Å². The molecule has 2 N–H and O–H groups in total. The van der Waals surface area contributed by atoms with E-state index in [0.29, 0.717) is 11.5 Å². The predicted molar refractivity (Wildman–Crippen MR) is 112 cm³/mol. The van der Waals surface area contributed by atoms with Crippen molar-refractivity contribution in [2.75, 3.05) is 18.3 Å². The number of β-lactam (4-membered cyclic amide) rings is 1. The third-order valence-corrected chi connectivity index (χ3v) is 7.23. The summed E-state index contributed by atoms with van der Waals surface area (Å²) in [5.41, 5.74) is 6.06. The van der Waals surface area contributed by atoms with Crippen LogP contribution in [0, 0.1) is 5.41 Å². The summed E-state index contributed by atoms with van der Waals surface area (Å²) < 4.78 is 14.8. The fourth-order valence-electron chi connectivity index (χ4n) is 2.48. The molecular weight excluding hydrogens is 460 g/mol. The van der Waals surface area contributed by atoms with Crippen molar-refractivity contribution in [2.24, 2.45) is 11.1 Å². The number of nitrogens with two attached hydrogens (primary N) is 1. The van der Waals surface area contributed by atoms with Crippen LogP contribution in [-0.4, -0.2) is 61.8 Å². The Morgan fingerprint density at radius 3 is 2.72 bits per heavy atom. The van der Waals surface area contributed by atoms with Gasteiger partial charge in [-0.15, -0.1) is 24.2 Å². The Labute approximate surface area is 186 Å². The van der Waals surface area contributed by atoms with Crippen molar-refractivity contribution >= 4 is 65.3 Å². The minimum absolute atomic E-state index is 0. The third-order valence-electron chi connectivity index (χ3n) is 3.99. The van der Waals surface area contributed by atoms with Crippen LogP contribution >= 0.6 is 47.5 Å². The van der Waals surface area contributed by atoms with Gasteiger partial charge in [-0.1, -0.05) is 11.8 Å². The van der Waals surface area contributed by atoms with Crippen LogP contribution in [0.4, 0.5) is 0 Å². The highest BCUT2D eigenvalue weighted by molar-refractivity contribution is 8.01. The van der Waals surface area contributed by atoms with Crippen molar-refractivity contribution in [3.05, 3.63) is 17.6 Å². The summed E-state index contributed by atoms with van der Waals surface area (Å²) in [7, 11) is 0. The van der Waals surface area contributed by atoms with Crippen LogP contribution in [-0.2, 0) is 23.9 Å². The number of thioether (sulfide) groups is 2. The van der Waals surface area contributed by atoms with Gasteiger partial charge in [-0.05, 0) is 37.9 Å². The smallest absolute Gasteiger partial charge is 0.357 e. The van der Waals surface area contributed by atoms with Crippen LogP contribution in [0.2, 0.25) is 0 Å². The van der Waals surface area contributed by atoms with E-state index in [-0.39, 0.29) is 29.4 Å². The number of hydrogen-bond acceptors (Lipinski definition) is 11. The maximum Gasteiger partial charge on any atom is 0.357 e. The number of fused-ring (bicyclic) bond motifs is 1. The molecule has 29 heavy (non-hydrogen) atoms. The molecule has 2 aliphatic heterocycles. The van der Waals surface area contributed by atoms with Crippen LogP contribution in [0.1, 0.15) is 20.8 Å². The summed E-state index contributed by atoms with van der Waals surface area (Å²) >= 11 is 4.19. The van der Waals surface area contributed by atoms with Gasteiger partial charge in [0, 0.05) is 11.5 Å². The Hall–Kier alpha value is -1.34. The maximum atomic E-state index is 12.7. The van der Waals surface area contributed by atoms with Gasteiger partial charge < -0.3 is 15.2 Å². The van der Waals surface area contributed by atoms with Gasteiger partial charge >= 0.3 is 11.9 Å². The number of aromatic nitrogens is 2. The summed E-state index contributed by atoms with van der Waals surface area (Å²) in [6, 6.07) is -0.635. The fourth-order valence-corrected chi connectivity index (χ4v) is 5.35. The van der Waals surface area contributed by atoms with Crippen molar-refractivity contribution in [2.45, 2.75) is 36.5 Å². The summed E-state index contributed by atoms with van der Waals surface area (Å²) in [5.74, 6) is -0.518. The highest BCUT2D eigenvalue weighted by atomic mass is 35.5. The summed E-state index contributed by atoms with van der Waals surface area (Å²) in [4.78, 5) is 42.2. The zero-order valence-corrected chi connectivity index (χ0v) is 19.2. The number of carbonyl (C=O) groups excluding carboxylic acids is 3. The molecule has 1 fully saturated rings. The molecule has 160 valence electrons. The molecule has 2 aliphatic rings. The summed E-state index contributed by atoms with van der Waals surface area (Å²) in [5, 5.41) is -0.289. The number of carbonyl (C=O) groups is 3. The van der Waals surface area contributed by atoms with Gasteiger partial charge in [-0.25, -0.2) is 9.78 Å². The Morgan fingerprint density at radius 2 is 2.10 bits per heavy atom. The topological polar surface area (TPSA) is 125 Å². The van der Waals surface area contributed by atoms with Gasteiger partial charge in [-0.3, -0.25) is 14.5 Å². The van der Waals surface area contributed by atoms with Crippen molar-refractivity contribution in [3.8, 4) is 0 Å². The molecule has 1 unspecified atom stereocenters. The molecule has 2 atom stereocenters. The van der Waals surface area contributed by atoms with Crippen LogP contribution < -0.4 is 5.73 Å². The number of ether oxygens (including phenoxy) is 2. The fraction of sp³-hybridized carbons (Fsp3) is 0.562. The normalized spacial score (nSPS) is 21.1. The molecule has 1 aromatic rings. The highest BCUT2D eigenvalue weighted by Gasteiger charge is 2.52. The molecule has 9 nitrogen and oxygen atoms in total. The number of rotatable bonds is 6. The van der Waals surface area contributed by atoms with Crippen LogP contribution in [0.3, 0.4) is 0 Å². The van der Waals surface area contributed by atoms with Gasteiger partial charge in [0.25, 0.3) is 0 Å². The average Bonchev–Trinajstić information content (AvgIpc) is 3.17. The number of hydrogen-bond donors (Lipinski definition) is 1. The highest BCUT2D eigenvalue weighted by Crippen LogP contribution is 2.41. The molecule has 0 aromatic carbocycles. The second-order valence-corrected chi connectivity index (χ2v) is 10.2. The largest absolute Gasteiger partial charge is 0.427 e. The molecule has 13 heteroatoms. The lowest BCUT2D eigenvalue weighted by Gasteiger charge is -2.48. The number of halogens is 1. The third kappa shape index (κ3) is 5.23. The lowest BCUT2D eigenvalue weighted by Crippen LogP contribution is -2.68. The lowest BCUT2D eigenvalue weighted by atomic mass is 9.98. The first-order valence-electron chi connectivity index (χ1n) is 8.36. The van der Waals surface area contributed by atoms with E-state index >= 15 is 0 Å². The first kappa shape index (κ1) is 23.9. The number of nitrogens with zero attached hydrogens (tertiary/aromatic N) is 3. The monoisotopic (exact) mass is 480 g/mol. The molecule has 0 saturated carbocycles. The Bertz CT molecular complexity index is 812. The molecule has 0 aliphatic carbocycles. The minimum Gasteiger partial charge on any atom is -0.427 e. The van der Waals surface area contributed by atoms with Crippen molar-refractivity contribution in [3.63, 3.8) is 0 Å². The van der Waals surface area contributed by atoms with E-state index in [1.807, 2.05) is 0 Å². The van der Waals surface area contributed by atoms with Gasteiger partial charge in [0.2, 0.25) is 12.7 Å². The second kappa shape index (κ2) is 9.65.